The van der Waals surface area contributed by atoms with Crippen LogP contribution in [-0.2, 0) is 16.1 Å². The van der Waals surface area contributed by atoms with Crippen molar-refractivity contribution in [1.82, 2.24) is 20.5 Å². The van der Waals surface area contributed by atoms with E-state index in [0.29, 0.717) is 54.7 Å². The molecule has 3 aromatic rings. The van der Waals surface area contributed by atoms with Crippen LogP contribution in [0, 0.1) is 11.3 Å². The summed E-state index contributed by atoms with van der Waals surface area (Å²) in [4.78, 5) is 29.7. The lowest BCUT2D eigenvalue weighted by Gasteiger charge is -2.19. The number of ether oxygens (including phenoxy) is 2. The Labute approximate surface area is 200 Å². The molecule has 1 fully saturated rings. The van der Waals surface area contributed by atoms with Gasteiger partial charge in [-0.15, -0.1) is 0 Å². The first kappa shape index (κ1) is 22.2. The number of hydrogen-bond acceptors (Lipinski definition) is 9. The van der Waals surface area contributed by atoms with E-state index in [0.717, 1.165) is 11.1 Å². The summed E-state index contributed by atoms with van der Waals surface area (Å²) in [6, 6.07) is 15.0. The zero-order chi connectivity index (χ0) is 24.2. The Morgan fingerprint density at radius 2 is 2.14 bits per heavy atom. The number of rotatable bonds is 7. The number of nitrogens with one attached hydrogen (secondary N) is 2. The fourth-order valence-electron chi connectivity index (χ4n) is 3.87. The summed E-state index contributed by atoms with van der Waals surface area (Å²) in [6.07, 6.45) is 1.30. The van der Waals surface area contributed by atoms with Crippen molar-refractivity contribution in [2.45, 2.75) is 19.1 Å². The van der Waals surface area contributed by atoms with Crippen molar-refractivity contribution in [2.75, 3.05) is 29.9 Å². The van der Waals surface area contributed by atoms with Crippen molar-refractivity contribution < 1.29 is 19.1 Å². The number of carbonyl (C=O) groups is 2. The van der Waals surface area contributed by atoms with E-state index in [9.17, 15) is 9.59 Å². The summed E-state index contributed by atoms with van der Waals surface area (Å²) < 4.78 is 10.8. The molecule has 1 atom stereocenters. The number of carbonyl (C=O) groups excluding carboxylic acids is 2. The van der Waals surface area contributed by atoms with Gasteiger partial charge in [-0.1, -0.05) is 18.2 Å². The summed E-state index contributed by atoms with van der Waals surface area (Å²) in [5.41, 5.74) is 3.04. The van der Waals surface area contributed by atoms with Gasteiger partial charge in [0.15, 0.2) is 18.2 Å². The smallest absolute Gasteiger partial charge is 0.415 e. The number of anilines is 2. The van der Waals surface area contributed by atoms with Gasteiger partial charge < -0.3 is 20.1 Å². The molecule has 2 N–H and O–H groups in total. The summed E-state index contributed by atoms with van der Waals surface area (Å²) >= 11 is 0. The standard InChI is InChI=1S/C24H21N7O4/c25-10-16-9-19(30-27-12-16)17-3-1-2-15(8-17)11-26-7-6-18-13-31(24(33)35-18)21-5-4-20-23(28-21)29-22(32)14-34-20/h1-5,8-9,12,18,26H,6-7,11,13-14H2,(H,28,29,32)/t18-/m0/s1. The first-order chi connectivity index (χ1) is 17.1. The van der Waals surface area contributed by atoms with Gasteiger partial charge in [-0.3, -0.25) is 9.69 Å². The number of cyclic esters (lactones) is 1. The molecule has 11 heteroatoms. The fourth-order valence-corrected chi connectivity index (χ4v) is 3.87. The Morgan fingerprint density at radius 1 is 1.23 bits per heavy atom. The van der Waals surface area contributed by atoms with E-state index in [-0.39, 0.29) is 18.6 Å². The van der Waals surface area contributed by atoms with E-state index < -0.39 is 6.09 Å². The first-order valence-corrected chi connectivity index (χ1v) is 11.0. The molecule has 5 rings (SSSR count). The lowest BCUT2D eigenvalue weighted by Crippen LogP contribution is -2.29. The summed E-state index contributed by atoms with van der Waals surface area (Å²) in [5.74, 6) is 0.874. The molecule has 176 valence electrons. The van der Waals surface area contributed by atoms with Crippen molar-refractivity contribution in [1.29, 1.82) is 5.26 Å². The van der Waals surface area contributed by atoms with E-state index >= 15 is 0 Å². The third-order valence-electron chi connectivity index (χ3n) is 5.59. The fraction of sp³-hybridized carbons (Fsp3) is 0.250. The SMILES string of the molecule is N#Cc1cnnc(-c2cccc(CNCC[C@H]3CN(c4ccc5c(n4)NC(=O)CO5)C(=O)O3)c2)c1. The zero-order valence-electron chi connectivity index (χ0n) is 18.6. The van der Waals surface area contributed by atoms with Gasteiger partial charge in [0.05, 0.1) is 24.0 Å². The number of amides is 2. The first-order valence-electron chi connectivity index (χ1n) is 11.0. The zero-order valence-corrected chi connectivity index (χ0v) is 18.6. The van der Waals surface area contributed by atoms with Crippen LogP contribution in [0.25, 0.3) is 11.3 Å². The lowest BCUT2D eigenvalue weighted by molar-refractivity contribution is -0.118. The molecule has 11 nitrogen and oxygen atoms in total. The molecule has 2 aromatic heterocycles. The molecule has 2 amide bonds. The minimum atomic E-state index is -0.473. The molecule has 0 saturated carbocycles. The van der Waals surface area contributed by atoms with Crippen molar-refractivity contribution in [2.24, 2.45) is 0 Å². The molecule has 4 heterocycles. The van der Waals surface area contributed by atoms with Crippen molar-refractivity contribution >= 4 is 23.6 Å². The highest BCUT2D eigenvalue weighted by Gasteiger charge is 2.33. The van der Waals surface area contributed by atoms with Crippen molar-refractivity contribution in [3.63, 3.8) is 0 Å². The third-order valence-corrected chi connectivity index (χ3v) is 5.59. The monoisotopic (exact) mass is 471 g/mol. The van der Waals surface area contributed by atoms with Crippen molar-refractivity contribution in [3.05, 3.63) is 59.8 Å². The maximum absolute atomic E-state index is 12.4. The van der Waals surface area contributed by atoms with Gasteiger partial charge in [0.2, 0.25) is 0 Å². The number of aromatic nitrogens is 3. The average molecular weight is 471 g/mol. The van der Waals surface area contributed by atoms with Crippen LogP contribution in [0.4, 0.5) is 16.4 Å². The Bertz CT molecular complexity index is 1320. The molecule has 2 aliphatic heterocycles. The molecule has 35 heavy (non-hydrogen) atoms. The number of nitriles is 1. The van der Waals surface area contributed by atoms with Gasteiger partial charge in [0.1, 0.15) is 18.0 Å². The van der Waals surface area contributed by atoms with E-state index in [1.54, 1.807) is 18.2 Å². The number of benzene rings is 1. The molecule has 1 saturated heterocycles. The van der Waals surface area contributed by atoms with Crippen LogP contribution in [0.2, 0.25) is 0 Å². The minimum absolute atomic E-state index is 0.0539. The van der Waals surface area contributed by atoms with Crippen LogP contribution >= 0.6 is 0 Å². The highest BCUT2D eigenvalue weighted by atomic mass is 16.6. The minimum Gasteiger partial charge on any atom is -0.480 e. The van der Waals surface area contributed by atoms with Crippen LogP contribution < -0.4 is 20.3 Å². The quantitative estimate of drug-likeness (QED) is 0.496. The van der Waals surface area contributed by atoms with Crippen LogP contribution in [0.15, 0.2) is 48.7 Å². The van der Waals surface area contributed by atoms with E-state index in [1.165, 1.54) is 11.1 Å². The summed E-state index contributed by atoms with van der Waals surface area (Å²) in [6.45, 7) is 1.57. The largest absolute Gasteiger partial charge is 0.480 e. The van der Waals surface area contributed by atoms with Gasteiger partial charge in [-0.25, -0.2) is 9.78 Å². The van der Waals surface area contributed by atoms with Gasteiger partial charge in [0, 0.05) is 12.1 Å². The van der Waals surface area contributed by atoms with Gasteiger partial charge in [-0.2, -0.15) is 15.5 Å². The van der Waals surface area contributed by atoms with Gasteiger partial charge in [-0.05, 0) is 42.8 Å². The molecule has 1 aromatic carbocycles. The van der Waals surface area contributed by atoms with E-state index in [4.69, 9.17) is 14.7 Å². The van der Waals surface area contributed by atoms with E-state index in [2.05, 4.69) is 31.9 Å². The Hall–Kier alpha value is -4.56. The average Bonchev–Trinajstić information content (AvgIpc) is 3.26. The number of nitrogens with zero attached hydrogens (tertiary/aromatic N) is 5. The third kappa shape index (κ3) is 5.02. The highest BCUT2D eigenvalue weighted by molar-refractivity contribution is 5.95. The number of hydrogen-bond donors (Lipinski definition) is 2. The Balaban J connectivity index is 1.14. The molecule has 0 aliphatic carbocycles. The molecule has 0 bridgehead atoms. The highest BCUT2D eigenvalue weighted by Crippen LogP contribution is 2.30. The van der Waals surface area contributed by atoms with Gasteiger partial charge >= 0.3 is 6.09 Å². The maximum Gasteiger partial charge on any atom is 0.415 e. The molecular formula is C24H21N7O4. The molecule has 0 spiro atoms. The topological polar surface area (TPSA) is 142 Å². The second kappa shape index (κ2) is 9.74. The summed E-state index contributed by atoms with van der Waals surface area (Å²) in [5, 5.41) is 23.1. The molecule has 2 aliphatic rings. The number of fused-ring (bicyclic) bond motifs is 1. The van der Waals surface area contributed by atoms with Gasteiger partial charge in [0.25, 0.3) is 5.91 Å². The molecular weight excluding hydrogens is 450 g/mol. The molecule has 0 radical (unpaired) electrons. The van der Waals surface area contributed by atoms with Crippen LogP contribution in [-0.4, -0.2) is 53.0 Å². The summed E-state index contributed by atoms with van der Waals surface area (Å²) in [7, 11) is 0. The van der Waals surface area contributed by atoms with Crippen LogP contribution in [0.3, 0.4) is 0 Å². The second-order valence-electron chi connectivity index (χ2n) is 8.08. The second-order valence-corrected chi connectivity index (χ2v) is 8.08. The van der Waals surface area contributed by atoms with Crippen molar-refractivity contribution in [3.8, 4) is 23.1 Å². The predicted octanol–water partition coefficient (Wildman–Crippen LogP) is 2.25. The molecule has 0 unspecified atom stereocenters. The van der Waals surface area contributed by atoms with Crippen LogP contribution in [0.5, 0.6) is 5.75 Å². The van der Waals surface area contributed by atoms with E-state index in [1.807, 2.05) is 24.3 Å². The lowest BCUT2D eigenvalue weighted by atomic mass is 10.1. The Morgan fingerprint density at radius 3 is 3.03 bits per heavy atom. The normalized spacial score (nSPS) is 16.7. The van der Waals surface area contributed by atoms with Crippen LogP contribution in [0.1, 0.15) is 17.5 Å². The Kier molecular flexibility index (Phi) is 6.19. The number of pyridine rings is 1. The maximum atomic E-state index is 12.4. The predicted molar refractivity (Wildman–Crippen MR) is 124 cm³/mol.